The lowest BCUT2D eigenvalue weighted by Gasteiger charge is -2.20. The molecule has 2 rings (SSSR count). The van der Waals surface area contributed by atoms with Crippen LogP contribution in [0.25, 0.3) is 0 Å². The lowest BCUT2D eigenvalue weighted by Crippen LogP contribution is -2.29. The quantitative estimate of drug-likeness (QED) is 0.855. The van der Waals surface area contributed by atoms with Crippen LogP contribution >= 0.6 is 11.6 Å². The van der Waals surface area contributed by atoms with E-state index in [1.807, 2.05) is 0 Å². The fourth-order valence-electron chi connectivity index (χ4n) is 2.36. The summed E-state index contributed by atoms with van der Waals surface area (Å²) in [4.78, 5) is 0. The highest BCUT2D eigenvalue weighted by atomic mass is 35.5. The second-order valence-corrected chi connectivity index (χ2v) is 4.77. The number of halogens is 2. The van der Waals surface area contributed by atoms with Crippen molar-refractivity contribution < 1.29 is 4.39 Å². The molecule has 1 aliphatic rings. The van der Waals surface area contributed by atoms with Gasteiger partial charge in [-0.2, -0.15) is 0 Å². The molecule has 1 aromatic carbocycles. The SMILES string of the molecule is NCC1CCCC1Nc1cc(F)cc(Cl)c1. The molecule has 3 N–H and O–H groups in total. The number of hydrogen-bond donors (Lipinski definition) is 2. The van der Waals surface area contributed by atoms with Gasteiger partial charge in [0.05, 0.1) is 0 Å². The molecule has 0 amide bonds. The minimum Gasteiger partial charge on any atom is -0.382 e. The Morgan fingerprint density at radius 3 is 2.88 bits per heavy atom. The molecule has 1 aliphatic carbocycles. The number of rotatable bonds is 3. The molecular formula is C12H16ClFN2. The predicted molar refractivity (Wildman–Crippen MR) is 65.2 cm³/mol. The van der Waals surface area contributed by atoms with Gasteiger partial charge in [0, 0.05) is 16.8 Å². The largest absolute Gasteiger partial charge is 0.382 e. The maximum atomic E-state index is 13.1. The molecule has 0 radical (unpaired) electrons. The zero-order chi connectivity index (χ0) is 11.5. The average molecular weight is 243 g/mol. The summed E-state index contributed by atoms with van der Waals surface area (Å²) in [6.07, 6.45) is 3.43. The van der Waals surface area contributed by atoms with Crippen molar-refractivity contribution in [1.82, 2.24) is 0 Å². The summed E-state index contributed by atoms with van der Waals surface area (Å²) in [5, 5.41) is 3.74. The van der Waals surface area contributed by atoms with Crippen molar-refractivity contribution in [2.75, 3.05) is 11.9 Å². The van der Waals surface area contributed by atoms with Gasteiger partial charge in [0.2, 0.25) is 0 Å². The van der Waals surface area contributed by atoms with Crippen LogP contribution in [0.1, 0.15) is 19.3 Å². The minimum atomic E-state index is -0.308. The second-order valence-electron chi connectivity index (χ2n) is 4.34. The summed E-state index contributed by atoms with van der Waals surface area (Å²) in [6.45, 7) is 0.681. The molecule has 1 aromatic rings. The van der Waals surface area contributed by atoms with Crippen LogP contribution in [0.2, 0.25) is 5.02 Å². The van der Waals surface area contributed by atoms with E-state index in [-0.39, 0.29) is 5.82 Å². The minimum absolute atomic E-state index is 0.308. The van der Waals surface area contributed by atoms with Gasteiger partial charge >= 0.3 is 0 Å². The summed E-state index contributed by atoms with van der Waals surface area (Å²) in [5.41, 5.74) is 6.44. The highest BCUT2D eigenvalue weighted by Crippen LogP contribution is 2.28. The van der Waals surface area contributed by atoms with Crippen molar-refractivity contribution in [1.29, 1.82) is 0 Å². The van der Waals surface area contributed by atoms with Crippen molar-refractivity contribution in [2.24, 2.45) is 11.7 Å². The number of hydrogen-bond acceptors (Lipinski definition) is 2. The highest BCUT2D eigenvalue weighted by Gasteiger charge is 2.25. The number of benzene rings is 1. The van der Waals surface area contributed by atoms with E-state index in [1.54, 1.807) is 6.07 Å². The zero-order valence-corrected chi connectivity index (χ0v) is 9.80. The standard InChI is InChI=1S/C12H16ClFN2/c13-9-4-10(14)6-11(5-9)16-12-3-1-2-8(12)7-15/h4-6,8,12,16H,1-3,7,15H2. The van der Waals surface area contributed by atoms with Crippen LogP contribution in [-0.4, -0.2) is 12.6 Å². The number of nitrogens with two attached hydrogens (primary N) is 1. The van der Waals surface area contributed by atoms with Gasteiger partial charge in [-0.05, 0) is 43.5 Å². The Bertz CT molecular complexity index is 350. The molecule has 0 bridgehead atoms. The van der Waals surface area contributed by atoms with Crippen LogP contribution in [0, 0.1) is 11.7 Å². The Morgan fingerprint density at radius 1 is 1.38 bits per heavy atom. The Morgan fingerprint density at radius 2 is 2.19 bits per heavy atom. The first kappa shape index (κ1) is 11.7. The maximum absolute atomic E-state index is 13.1. The first-order valence-electron chi connectivity index (χ1n) is 5.62. The van der Waals surface area contributed by atoms with Crippen LogP contribution in [0.3, 0.4) is 0 Å². The summed E-state index contributed by atoms with van der Waals surface area (Å²) >= 11 is 5.80. The summed E-state index contributed by atoms with van der Waals surface area (Å²) in [6, 6.07) is 4.87. The van der Waals surface area contributed by atoms with E-state index in [0.717, 1.165) is 18.5 Å². The topological polar surface area (TPSA) is 38.0 Å². The maximum Gasteiger partial charge on any atom is 0.126 e. The van der Waals surface area contributed by atoms with Crippen molar-refractivity contribution in [3.05, 3.63) is 29.0 Å². The Labute approximate surface area is 100.0 Å². The lowest BCUT2D eigenvalue weighted by molar-refractivity contribution is 0.516. The van der Waals surface area contributed by atoms with E-state index >= 15 is 0 Å². The van der Waals surface area contributed by atoms with E-state index in [2.05, 4.69) is 5.32 Å². The third-order valence-corrected chi connectivity index (χ3v) is 3.39. The normalized spacial score (nSPS) is 24.7. The third-order valence-electron chi connectivity index (χ3n) is 3.18. The lowest BCUT2D eigenvalue weighted by atomic mass is 10.0. The van der Waals surface area contributed by atoms with Crippen LogP contribution < -0.4 is 11.1 Å². The molecular weight excluding hydrogens is 227 g/mol. The molecule has 2 unspecified atom stereocenters. The Kier molecular flexibility index (Phi) is 3.66. The van der Waals surface area contributed by atoms with E-state index in [1.165, 1.54) is 18.6 Å². The molecule has 2 nitrogen and oxygen atoms in total. The van der Waals surface area contributed by atoms with Gasteiger partial charge in [-0.15, -0.1) is 0 Å². The van der Waals surface area contributed by atoms with Crippen LogP contribution in [-0.2, 0) is 0 Å². The molecule has 0 spiro atoms. The van der Waals surface area contributed by atoms with Crippen molar-refractivity contribution in [2.45, 2.75) is 25.3 Å². The molecule has 16 heavy (non-hydrogen) atoms. The molecule has 1 saturated carbocycles. The van der Waals surface area contributed by atoms with Gasteiger partial charge in [-0.25, -0.2) is 4.39 Å². The first-order valence-corrected chi connectivity index (χ1v) is 5.99. The second kappa shape index (κ2) is 5.02. The van der Waals surface area contributed by atoms with Crippen LogP contribution in [0.4, 0.5) is 10.1 Å². The smallest absolute Gasteiger partial charge is 0.126 e. The van der Waals surface area contributed by atoms with E-state index < -0.39 is 0 Å². The van der Waals surface area contributed by atoms with Crippen molar-refractivity contribution in [3.8, 4) is 0 Å². The average Bonchev–Trinajstić information content (AvgIpc) is 2.63. The van der Waals surface area contributed by atoms with Gasteiger partial charge in [0.15, 0.2) is 0 Å². The fourth-order valence-corrected chi connectivity index (χ4v) is 2.58. The van der Waals surface area contributed by atoms with Crippen molar-refractivity contribution >= 4 is 17.3 Å². The van der Waals surface area contributed by atoms with Gasteiger partial charge in [0.1, 0.15) is 5.82 Å². The molecule has 0 heterocycles. The molecule has 1 fully saturated rings. The first-order chi connectivity index (χ1) is 7.69. The zero-order valence-electron chi connectivity index (χ0n) is 9.05. The molecule has 4 heteroatoms. The van der Waals surface area contributed by atoms with E-state index in [9.17, 15) is 4.39 Å². The predicted octanol–water partition coefficient (Wildman–Crippen LogP) is 3.02. The third kappa shape index (κ3) is 2.66. The van der Waals surface area contributed by atoms with Gasteiger partial charge < -0.3 is 11.1 Å². The van der Waals surface area contributed by atoms with Gasteiger partial charge in [-0.1, -0.05) is 18.0 Å². The monoisotopic (exact) mass is 242 g/mol. The highest BCUT2D eigenvalue weighted by molar-refractivity contribution is 6.30. The van der Waals surface area contributed by atoms with E-state index in [0.29, 0.717) is 23.5 Å². The Hall–Kier alpha value is -0.800. The summed E-state index contributed by atoms with van der Waals surface area (Å²) in [5.74, 6) is 0.180. The Balaban J connectivity index is 2.08. The molecule has 0 aromatic heterocycles. The van der Waals surface area contributed by atoms with Crippen LogP contribution in [0.15, 0.2) is 18.2 Å². The number of nitrogens with one attached hydrogen (secondary N) is 1. The number of anilines is 1. The molecule has 0 saturated heterocycles. The summed E-state index contributed by atoms with van der Waals surface area (Å²) < 4.78 is 13.1. The van der Waals surface area contributed by atoms with Gasteiger partial charge in [-0.3, -0.25) is 0 Å². The summed E-state index contributed by atoms with van der Waals surface area (Å²) in [7, 11) is 0. The van der Waals surface area contributed by atoms with Crippen molar-refractivity contribution in [3.63, 3.8) is 0 Å². The van der Waals surface area contributed by atoms with Gasteiger partial charge in [0.25, 0.3) is 0 Å². The molecule has 2 atom stereocenters. The van der Waals surface area contributed by atoms with Crippen LogP contribution in [0.5, 0.6) is 0 Å². The van der Waals surface area contributed by atoms with E-state index in [4.69, 9.17) is 17.3 Å². The molecule has 88 valence electrons. The fraction of sp³-hybridized carbons (Fsp3) is 0.500. The molecule has 0 aliphatic heterocycles.